The second-order valence-corrected chi connectivity index (χ2v) is 8.95. The van der Waals surface area contributed by atoms with Crippen LogP contribution in [0, 0.1) is 6.92 Å². The van der Waals surface area contributed by atoms with Crippen molar-refractivity contribution in [2.75, 3.05) is 31.5 Å². The van der Waals surface area contributed by atoms with E-state index in [2.05, 4.69) is 31.2 Å². The Kier molecular flexibility index (Phi) is 7.42. The molecule has 2 fully saturated rings. The molecule has 2 aliphatic rings. The molecule has 1 aromatic carbocycles. The Morgan fingerprint density at radius 1 is 1.03 bits per heavy atom. The van der Waals surface area contributed by atoms with E-state index < -0.39 is 0 Å². The summed E-state index contributed by atoms with van der Waals surface area (Å²) >= 11 is 0. The number of carbonyl (C=O) groups is 2. The van der Waals surface area contributed by atoms with Gasteiger partial charge in [-0.15, -0.1) is 0 Å². The average Bonchev–Trinajstić information content (AvgIpc) is 3.21. The van der Waals surface area contributed by atoms with E-state index in [1.165, 1.54) is 19.3 Å². The number of pyridine rings is 1. The molecule has 1 saturated heterocycles. The Bertz CT molecular complexity index is 943. The van der Waals surface area contributed by atoms with E-state index in [-0.39, 0.29) is 18.1 Å². The lowest BCUT2D eigenvalue weighted by molar-refractivity contribution is 0.228. The fourth-order valence-corrected chi connectivity index (χ4v) is 4.72. The summed E-state index contributed by atoms with van der Waals surface area (Å²) in [6.45, 7) is 4.96. The summed E-state index contributed by atoms with van der Waals surface area (Å²) in [5, 5.41) is 13.0. The van der Waals surface area contributed by atoms with E-state index in [9.17, 15) is 9.59 Å². The molecule has 32 heavy (non-hydrogen) atoms. The van der Waals surface area contributed by atoms with E-state index in [0.717, 1.165) is 61.2 Å². The van der Waals surface area contributed by atoms with Gasteiger partial charge in [-0.1, -0.05) is 37.5 Å². The molecule has 1 aliphatic heterocycles. The van der Waals surface area contributed by atoms with Crippen molar-refractivity contribution >= 4 is 28.7 Å². The van der Waals surface area contributed by atoms with Crippen molar-refractivity contribution in [1.82, 2.24) is 25.8 Å². The van der Waals surface area contributed by atoms with E-state index in [1.807, 2.05) is 37.3 Å². The number of likely N-dealkylation sites (tertiary alicyclic amines) is 1. The molecular formula is C24H34N6O2. The number of nitrogens with one attached hydrogen (secondary N) is 4. The molecule has 2 heterocycles. The second kappa shape index (κ2) is 10.6. The third-order valence-corrected chi connectivity index (χ3v) is 6.35. The number of fused-ring (bicyclic) bond motifs is 1. The zero-order valence-corrected chi connectivity index (χ0v) is 18.8. The van der Waals surface area contributed by atoms with Gasteiger partial charge in [0.15, 0.2) is 0 Å². The molecule has 4 amide bonds. The number of hydrogen-bond donors (Lipinski definition) is 4. The van der Waals surface area contributed by atoms with Gasteiger partial charge < -0.3 is 21.3 Å². The van der Waals surface area contributed by atoms with Gasteiger partial charge in [-0.05, 0) is 38.3 Å². The Morgan fingerprint density at radius 3 is 2.66 bits per heavy atom. The summed E-state index contributed by atoms with van der Waals surface area (Å²) < 4.78 is 0. The van der Waals surface area contributed by atoms with Crippen molar-refractivity contribution in [2.24, 2.45) is 0 Å². The van der Waals surface area contributed by atoms with E-state index in [4.69, 9.17) is 0 Å². The molecule has 4 rings (SSSR count). The van der Waals surface area contributed by atoms with Crippen LogP contribution in [0.1, 0.15) is 44.2 Å². The van der Waals surface area contributed by atoms with Crippen LogP contribution < -0.4 is 21.3 Å². The minimum absolute atomic E-state index is 0.0406. The van der Waals surface area contributed by atoms with Crippen LogP contribution >= 0.6 is 0 Å². The van der Waals surface area contributed by atoms with Crippen LogP contribution in [0.25, 0.3) is 10.9 Å². The maximum Gasteiger partial charge on any atom is 0.319 e. The number of amides is 4. The molecule has 1 unspecified atom stereocenters. The molecule has 1 saturated carbocycles. The minimum atomic E-state index is -0.221. The minimum Gasteiger partial charge on any atom is -0.337 e. The van der Waals surface area contributed by atoms with Crippen molar-refractivity contribution in [3.8, 4) is 0 Å². The van der Waals surface area contributed by atoms with Gasteiger partial charge >= 0.3 is 12.1 Å². The van der Waals surface area contributed by atoms with Gasteiger partial charge in [-0.3, -0.25) is 9.88 Å². The van der Waals surface area contributed by atoms with Gasteiger partial charge in [-0.25, -0.2) is 9.59 Å². The van der Waals surface area contributed by atoms with Gasteiger partial charge in [-0.2, -0.15) is 0 Å². The number of aryl methyl sites for hydroxylation is 1. The van der Waals surface area contributed by atoms with Gasteiger partial charge in [0, 0.05) is 49.3 Å². The van der Waals surface area contributed by atoms with Crippen molar-refractivity contribution in [2.45, 2.75) is 57.5 Å². The largest absolute Gasteiger partial charge is 0.337 e. The number of rotatable bonds is 6. The van der Waals surface area contributed by atoms with Gasteiger partial charge in [0.05, 0.1) is 11.2 Å². The molecule has 2 aromatic rings. The maximum atomic E-state index is 12.4. The first kappa shape index (κ1) is 22.3. The molecule has 4 N–H and O–H groups in total. The Morgan fingerprint density at radius 2 is 1.81 bits per heavy atom. The fraction of sp³-hybridized carbons (Fsp3) is 0.542. The Balaban J connectivity index is 1.17. The lowest BCUT2D eigenvalue weighted by atomic mass is 9.96. The summed E-state index contributed by atoms with van der Waals surface area (Å²) in [5.41, 5.74) is 2.49. The summed E-state index contributed by atoms with van der Waals surface area (Å²) in [6, 6.07) is 9.90. The summed E-state index contributed by atoms with van der Waals surface area (Å²) in [5.74, 6) is 0. The molecule has 0 spiro atoms. The highest BCUT2D eigenvalue weighted by Gasteiger charge is 2.24. The van der Waals surface area contributed by atoms with E-state index in [1.54, 1.807) is 0 Å². The fourth-order valence-electron chi connectivity index (χ4n) is 4.72. The molecule has 8 heteroatoms. The van der Waals surface area contributed by atoms with Gasteiger partial charge in [0.1, 0.15) is 0 Å². The monoisotopic (exact) mass is 438 g/mol. The van der Waals surface area contributed by atoms with Gasteiger partial charge in [0.25, 0.3) is 0 Å². The zero-order valence-electron chi connectivity index (χ0n) is 18.8. The van der Waals surface area contributed by atoms with Crippen molar-refractivity contribution in [3.63, 3.8) is 0 Å². The smallest absolute Gasteiger partial charge is 0.319 e. The maximum absolute atomic E-state index is 12.4. The first-order chi connectivity index (χ1) is 15.6. The van der Waals surface area contributed by atoms with Crippen LogP contribution in [-0.4, -0.2) is 60.2 Å². The molecular weight excluding hydrogens is 404 g/mol. The normalized spacial score (nSPS) is 19.6. The van der Waals surface area contributed by atoms with E-state index in [0.29, 0.717) is 12.6 Å². The highest BCUT2D eigenvalue weighted by Crippen LogP contribution is 2.22. The summed E-state index contributed by atoms with van der Waals surface area (Å²) in [7, 11) is 0. The number of urea groups is 2. The quantitative estimate of drug-likeness (QED) is 0.556. The Labute approximate surface area is 189 Å². The van der Waals surface area contributed by atoms with Crippen LogP contribution in [0.15, 0.2) is 30.3 Å². The molecule has 8 nitrogen and oxygen atoms in total. The lowest BCUT2D eigenvalue weighted by Crippen LogP contribution is -2.47. The third kappa shape index (κ3) is 6.09. The first-order valence-electron chi connectivity index (χ1n) is 11.8. The third-order valence-electron chi connectivity index (χ3n) is 6.35. The van der Waals surface area contributed by atoms with Crippen LogP contribution in [0.2, 0.25) is 0 Å². The average molecular weight is 439 g/mol. The number of benzene rings is 1. The van der Waals surface area contributed by atoms with Gasteiger partial charge in [0.2, 0.25) is 0 Å². The summed E-state index contributed by atoms with van der Waals surface area (Å²) in [4.78, 5) is 31.5. The van der Waals surface area contributed by atoms with Crippen molar-refractivity contribution in [1.29, 1.82) is 0 Å². The zero-order chi connectivity index (χ0) is 22.3. The van der Waals surface area contributed by atoms with Crippen molar-refractivity contribution in [3.05, 3.63) is 36.0 Å². The summed E-state index contributed by atoms with van der Waals surface area (Å²) in [6.07, 6.45) is 6.81. The predicted octanol–water partition coefficient (Wildman–Crippen LogP) is 3.37. The van der Waals surface area contributed by atoms with E-state index >= 15 is 0 Å². The molecule has 1 aromatic heterocycles. The second-order valence-electron chi connectivity index (χ2n) is 8.95. The first-order valence-corrected chi connectivity index (χ1v) is 11.8. The number of hydrogen-bond acceptors (Lipinski definition) is 4. The molecule has 0 radical (unpaired) electrons. The molecule has 172 valence electrons. The molecule has 1 aliphatic carbocycles. The topological polar surface area (TPSA) is 98.4 Å². The van der Waals surface area contributed by atoms with Crippen molar-refractivity contribution < 1.29 is 9.59 Å². The molecule has 0 bridgehead atoms. The number of para-hydroxylation sites is 1. The van der Waals surface area contributed by atoms with Crippen LogP contribution in [0.4, 0.5) is 15.3 Å². The standard InChI is InChI=1S/C24H34N6O2/c1-17-15-22(20-9-5-6-10-21(20)26-17)29-23(31)25-12-14-30-13-11-19(16-30)28-24(32)27-18-7-3-2-4-8-18/h5-6,9-10,15,18-19H,2-4,7-8,11-14,16H2,1H3,(H2,27,28,32)(H2,25,26,29,31). The number of aromatic nitrogens is 1. The lowest BCUT2D eigenvalue weighted by Gasteiger charge is -2.24. The predicted molar refractivity (Wildman–Crippen MR) is 127 cm³/mol. The van der Waals surface area contributed by atoms with Crippen LogP contribution in [0.3, 0.4) is 0 Å². The SMILES string of the molecule is Cc1cc(NC(=O)NCCN2CCC(NC(=O)NC3CCCCC3)C2)c2ccccc2n1. The number of carbonyl (C=O) groups excluding carboxylic acids is 2. The highest BCUT2D eigenvalue weighted by atomic mass is 16.2. The van der Waals surface area contributed by atoms with Crippen LogP contribution in [0.5, 0.6) is 0 Å². The number of nitrogens with zero attached hydrogens (tertiary/aromatic N) is 2. The molecule has 1 atom stereocenters. The highest BCUT2D eigenvalue weighted by molar-refractivity contribution is 6.00. The number of anilines is 1. The Hall–Kier alpha value is -2.87. The van der Waals surface area contributed by atoms with Crippen LogP contribution in [-0.2, 0) is 0 Å².